The van der Waals surface area contributed by atoms with Crippen molar-refractivity contribution in [1.82, 2.24) is 21.3 Å². The third-order valence-electron chi connectivity index (χ3n) is 7.88. The van der Waals surface area contributed by atoms with Gasteiger partial charge in [0.25, 0.3) is 0 Å². The van der Waals surface area contributed by atoms with Gasteiger partial charge in [0.1, 0.15) is 17.8 Å². The lowest BCUT2D eigenvalue weighted by molar-refractivity contribution is -0.147. The molecule has 1 saturated carbocycles. The molecule has 12 nitrogen and oxygen atoms in total. The topological polar surface area (TPSA) is 189 Å². The quantitative estimate of drug-likeness (QED) is 0.142. The minimum atomic E-state index is -0.929. The number of amides is 4. The van der Waals surface area contributed by atoms with Crippen LogP contribution in [0.4, 0.5) is 0 Å². The Bertz CT molecular complexity index is 1320. The molecule has 4 amide bonds. The Morgan fingerprint density at radius 3 is 2.26 bits per heavy atom. The Balaban J connectivity index is 0.00000768. The highest BCUT2D eigenvalue weighted by Gasteiger charge is 2.31. The van der Waals surface area contributed by atoms with Crippen LogP contribution in [0.25, 0.3) is 0 Å². The standard InChI is InChI=1S/C33H45N5O7S.ClH/c1-45-33(44)23-9-6-10-24(19-23)36-32(43)28(18-21-7-4-3-5-8-21)37-29(40)20-35-31(42)27(15-16-46-2)38-30(41)26(34)17-22-11-13-25(39)14-12-22;/h3-5,7-8,11-14,23-24,26-28,39H,6,9-10,15-20,34H2,1-2H3,(H,35,42)(H,36,43)(H,37,40)(H,38,41);1H/t23-,24+,26+,27-,28+;/m1./s1. The first kappa shape index (κ1) is 39.4. The number of rotatable bonds is 16. The van der Waals surface area contributed by atoms with Gasteiger partial charge in [-0.3, -0.25) is 24.0 Å². The maximum atomic E-state index is 13.4. The van der Waals surface area contributed by atoms with E-state index >= 15 is 0 Å². The summed E-state index contributed by atoms with van der Waals surface area (Å²) in [5.74, 6) is -1.92. The molecule has 1 aliphatic carbocycles. The first-order valence-electron chi connectivity index (χ1n) is 15.4. The van der Waals surface area contributed by atoms with Gasteiger partial charge in [0, 0.05) is 12.5 Å². The second kappa shape index (κ2) is 20.4. The number of thioether (sulfide) groups is 1. The zero-order valence-electron chi connectivity index (χ0n) is 26.7. The molecule has 0 spiro atoms. The smallest absolute Gasteiger partial charge is 0.308 e. The molecule has 14 heteroatoms. The van der Waals surface area contributed by atoms with Gasteiger partial charge in [-0.05, 0) is 67.4 Å². The van der Waals surface area contributed by atoms with Gasteiger partial charge in [0.15, 0.2) is 0 Å². The number of hydrogen-bond donors (Lipinski definition) is 6. The molecule has 5 atom stereocenters. The average Bonchev–Trinajstić information content (AvgIpc) is 3.06. The zero-order chi connectivity index (χ0) is 33.5. The van der Waals surface area contributed by atoms with Crippen LogP contribution in [-0.4, -0.2) is 84.5 Å². The van der Waals surface area contributed by atoms with Crippen molar-refractivity contribution in [2.75, 3.05) is 25.7 Å². The molecule has 258 valence electrons. The van der Waals surface area contributed by atoms with E-state index in [1.807, 2.05) is 36.6 Å². The van der Waals surface area contributed by atoms with Crippen LogP contribution >= 0.6 is 24.2 Å². The number of aromatic hydroxyl groups is 1. The summed E-state index contributed by atoms with van der Waals surface area (Å²) >= 11 is 1.51. The fourth-order valence-corrected chi connectivity index (χ4v) is 5.83. The van der Waals surface area contributed by atoms with Crippen molar-refractivity contribution in [1.29, 1.82) is 0 Å². The molecule has 1 fully saturated rings. The van der Waals surface area contributed by atoms with Crippen molar-refractivity contribution < 1.29 is 33.8 Å². The van der Waals surface area contributed by atoms with E-state index in [0.717, 1.165) is 17.5 Å². The van der Waals surface area contributed by atoms with Crippen molar-refractivity contribution >= 4 is 53.8 Å². The van der Waals surface area contributed by atoms with Crippen LogP contribution in [0.3, 0.4) is 0 Å². The SMILES string of the molecule is COC(=O)[C@@H]1CCC[C@H](NC(=O)[C@H](Cc2ccccc2)NC(=O)CNC(=O)[C@@H](CCSC)NC(=O)[C@@H](N)Cc2ccc(O)cc2)C1.Cl. The fraction of sp³-hybridized carbons (Fsp3) is 0.485. The molecule has 0 unspecified atom stereocenters. The van der Waals surface area contributed by atoms with Crippen LogP contribution < -0.4 is 27.0 Å². The summed E-state index contributed by atoms with van der Waals surface area (Å²) in [6.07, 6.45) is 5.27. The van der Waals surface area contributed by atoms with E-state index in [4.69, 9.17) is 10.5 Å². The number of methoxy groups -OCH3 is 1. The normalized spacial score (nSPS) is 17.5. The van der Waals surface area contributed by atoms with Gasteiger partial charge in [-0.25, -0.2) is 0 Å². The molecule has 0 aromatic heterocycles. The summed E-state index contributed by atoms with van der Waals surface area (Å²) in [5, 5.41) is 20.5. The molecular weight excluding hydrogens is 646 g/mol. The summed E-state index contributed by atoms with van der Waals surface area (Å²) in [5.41, 5.74) is 7.69. The van der Waals surface area contributed by atoms with Crippen LogP contribution in [0.5, 0.6) is 5.75 Å². The molecule has 2 aromatic rings. The highest BCUT2D eigenvalue weighted by molar-refractivity contribution is 7.98. The highest BCUT2D eigenvalue weighted by Crippen LogP contribution is 2.25. The van der Waals surface area contributed by atoms with Crippen LogP contribution in [0, 0.1) is 5.92 Å². The Hall–Kier alpha value is -3.81. The monoisotopic (exact) mass is 691 g/mol. The Morgan fingerprint density at radius 1 is 0.915 bits per heavy atom. The molecule has 0 saturated heterocycles. The Labute approximate surface area is 286 Å². The molecule has 0 radical (unpaired) electrons. The van der Waals surface area contributed by atoms with Crippen molar-refractivity contribution in [2.24, 2.45) is 11.7 Å². The average molecular weight is 692 g/mol. The first-order chi connectivity index (χ1) is 22.1. The van der Waals surface area contributed by atoms with E-state index in [1.165, 1.54) is 31.0 Å². The van der Waals surface area contributed by atoms with Gasteiger partial charge in [-0.15, -0.1) is 12.4 Å². The number of carbonyl (C=O) groups excluding carboxylic acids is 5. The van der Waals surface area contributed by atoms with Crippen LogP contribution in [0.1, 0.15) is 43.2 Å². The molecule has 0 heterocycles. The Morgan fingerprint density at radius 2 is 1.60 bits per heavy atom. The third-order valence-corrected chi connectivity index (χ3v) is 8.53. The summed E-state index contributed by atoms with van der Waals surface area (Å²) in [6.45, 7) is -0.406. The van der Waals surface area contributed by atoms with Gasteiger partial charge in [0.2, 0.25) is 23.6 Å². The van der Waals surface area contributed by atoms with Gasteiger partial charge in [0.05, 0.1) is 25.6 Å². The maximum Gasteiger partial charge on any atom is 0.308 e. The van der Waals surface area contributed by atoms with Crippen molar-refractivity contribution in [3.63, 3.8) is 0 Å². The highest BCUT2D eigenvalue weighted by atomic mass is 35.5. The van der Waals surface area contributed by atoms with E-state index in [9.17, 15) is 29.1 Å². The van der Waals surface area contributed by atoms with Crippen LogP contribution in [-0.2, 0) is 41.6 Å². The maximum absolute atomic E-state index is 13.4. The van der Waals surface area contributed by atoms with Crippen molar-refractivity contribution in [3.8, 4) is 5.75 Å². The zero-order valence-corrected chi connectivity index (χ0v) is 28.4. The van der Waals surface area contributed by atoms with Crippen LogP contribution in [0.2, 0.25) is 0 Å². The molecular formula is C33H46ClN5O7S. The van der Waals surface area contributed by atoms with E-state index < -0.39 is 42.4 Å². The number of benzene rings is 2. The number of carbonyl (C=O) groups is 5. The van der Waals surface area contributed by atoms with E-state index in [1.54, 1.807) is 12.1 Å². The van der Waals surface area contributed by atoms with Gasteiger partial charge >= 0.3 is 5.97 Å². The summed E-state index contributed by atoms with van der Waals surface area (Å²) < 4.78 is 4.89. The predicted octanol–water partition coefficient (Wildman–Crippen LogP) is 1.61. The lowest BCUT2D eigenvalue weighted by Crippen LogP contribution is -2.55. The summed E-state index contributed by atoms with van der Waals surface area (Å²) in [7, 11) is 1.35. The molecule has 7 N–H and O–H groups in total. The molecule has 3 rings (SSSR count). The minimum absolute atomic E-state index is 0. The minimum Gasteiger partial charge on any atom is -0.508 e. The lowest BCUT2D eigenvalue weighted by Gasteiger charge is -2.30. The van der Waals surface area contributed by atoms with Gasteiger partial charge < -0.3 is 36.8 Å². The molecule has 47 heavy (non-hydrogen) atoms. The van der Waals surface area contributed by atoms with Crippen molar-refractivity contribution in [2.45, 2.75) is 69.1 Å². The second-order valence-corrected chi connectivity index (χ2v) is 12.4. The number of nitrogens with one attached hydrogen (secondary N) is 4. The predicted molar refractivity (Wildman–Crippen MR) is 183 cm³/mol. The number of nitrogens with two attached hydrogens (primary N) is 1. The molecule has 1 aliphatic rings. The third kappa shape index (κ3) is 13.4. The molecule has 0 bridgehead atoms. The number of phenols is 1. The lowest BCUT2D eigenvalue weighted by atomic mass is 9.85. The van der Waals surface area contributed by atoms with E-state index in [2.05, 4.69) is 21.3 Å². The van der Waals surface area contributed by atoms with E-state index in [-0.39, 0.29) is 54.8 Å². The largest absolute Gasteiger partial charge is 0.508 e. The van der Waals surface area contributed by atoms with Gasteiger partial charge in [-0.2, -0.15) is 11.8 Å². The number of hydrogen-bond acceptors (Lipinski definition) is 9. The van der Waals surface area contributed by atoms with Crippen molar-refractivity contribution in [3.05, 3.63) is 65.7 Å². The second-order valence-electron chi connectivity index (χ2n) is 11.4. The Kier molecular flexibility index (Phi) is 17.1. The first-order valence-corrected chi connectivity index (χ1v) is 16.8. The number of ether oxygens (including phenoxy) is 1. The number of phenolic OH excluding ortho intramolecular Hbond substituents is 1. The van der Waals surface area contributed by atoms with E-state index in [0.29, 0.717) is 31.4 Å². The van der Waals surface area contributed by atoms with Gasteiger partial charge in [-0.1, -0.05) is 48.9 Å². The summed E-state index contributed by atoms with van der Waals surface area (Å²) in [6, 6.07) is 12.6. The number of halogens is 1. The number of esters is 1. The van der Waals surface area contributed by atoms with Crippen LogP contribution in [0.15, 0.2) is 54.6 Å². The fourth-order valence-electron chi connectivity index (χ4n) is 5.36. The molecule has 2 aromatic carbocycles. The summed E-state index contributed by atoms with van der Waals surface area (Å²) in [4.78, 5) is 64.4. The molecule has 0 aliphatic heterocycles.